The van der Waals surface area contributed by atoms with Crippen molar-refractivity contribution in [2.24, 2.45) is 12.0 Å². The zero-order valence-electron chi connectivity index (χ0n) is 15.5. The molecule has 2 aromatic heterocycles. The van der Waals surface area contributed by atoms with Gasteiger partial charge in [0.15, 0.2) is 5.96 Å². The highest BCUT2D eigenvalue weighted by Crippen LogP contribution is 2.27. The second-order valence-corrected chi connectivity index (χ2v) is 7.35. The second kappa shape index (κ2) is 10.9. The maximum absolute atomic E-state index is 4.70. The molecule has 8 heteroatoms. The predicted octanol–water partition coefficient (Wildman–Crippen LogP) is 2.99. The molecule has 26 heavy (non-hydrogen) atoms. The van der Waals surface area contributed by atoms with Gasteiger partial charge in [-0.15, -0.1) is 35.3 Å². The zero-order valence-corrected chi connectivity index (χ0v) is 18.7. The number of halogens is 1. The van der Waals surface area contributed by atoms with Crippen LogP contribution < -0.4 is 10.6 Å². The monoisotopic (exact) mass is 488 g/mol. The number of guanidine groups is 1. The van der Waals surface area contributed by atoms with E-state index < -0.39 is 0 Å². The van der Waals surface area contributed by atoms with Gasteiger partial charge in [0.05, 0.1) is 18.8 Å². The molecule has 0 bridgehead atoms. The molecule has 0 amide bonds. The molecule has 1 unspecified atom stereocenters. The van der Waals surface area contributed by atoms with E-state index in [1.165, 1.54) is 30.8 Å². The fourth-order valence-electron chi connectivity index (χ4n) is 3.20. The fourth-order valence-corrected chi connectivity index (χ4v) is 4.06. The van der Waals surface area contributed by atoms with Crippen molar-refractivity contribution >= 4 is 41.3 Å². The number of nitrogens with one attached hydrogen (secondary N) is 2. The molecular weight excluding hydrogens is 459 g/mol. The summed E-state index contributed by atoms with van der Waals surface area (Å²) in [5.74, 6) is 0.868. The largest absolute Gasteiger partial charge is 0.357 e. The van der Waals surface area contributed by atoms with Crippen LogP contribution in [0.1, 0.15) is 36.2 Å². The number of thiophene rings is 1. The Morgan fingerprint density at radius 1 is 1.35 bits per heavy atom. The van der Waals surface area contributed by atoms with Crippen LogP contribution in [0, 0.1) is 0 Å². The van der Waals surface area contributed by atoms with Crippen LogP contribution in [0.5, 0.6) is 0 Å². The minimum absolute atomic E-state index is 0. The maximum atomic E-state index is 4.70. The zero-order chi connectivity index (χ0) is 17.5. The van der Waals surface area contributed by atoms with Crippen molar-refractivity contribution in [3.05, 3.63) is 40.3 Å². The molecule has 0 saturated carbocycles. The summed E-state index contributed by atoms with van der Waals surface area (Å²) in [6.07, 6.45) is 6.48. The molecule has 144 valence electrons. The van der Waals surface area contributed by atoms with E-state index >= 15 is 0 Å². The van der Waals surface area contributed by atoms with Crippen LogP contribution in [0.2, 0.25) is 0 Å². The van der Waals surface area contributed by atoms with Crippen molar-refractivity contribution in [3.8, 4) is 0 Å². The number of aromatic nitrogens is 2. The molecule has 0 spiro atoms. The van der Waals surface area contributed by atoms with E-state index in [0.29, 0.717) is 12.6 Å². The Bertz CT molecular complexity index is 663. The van der Waals surface area contributed by atoms with Gasteiger partial charge in [0.1, 0.15) is 0 Å². The number of aliphatic imine (C=N–C) groups is 1. The summed E-state index contributed by atoms with van der Waals surface area (Å²) in [6.45, 7) is 6.84. The Morgan fingerprint density at radius 3 is 2.77 bits per heavy atom. The highest BCUT2D eigenvalue weighted by molar-refractivity contribution is 14.0. The molecule has 0 aliphatic carbocycles. The van der Waals surface area contributed by atoms with Crippen LogP contribution in [0.3, 0.4) is 0 Å². The van der Waals surface area contributed by atoms with Crippen molar-refractivity contribution in [1.29, 1.82) is 0 Å². The van der Waals surface area contributed by atoms with Gasteiger partial charge in [0, 0.05) is 36.8 Å². The third-order valence-corrected chi connectivity index (χ3v) is 5.41. The van der Waals surface area contributed by atoms with Crippen LogP contribution in [0.4, 0.5) is 0 Å². The van der Waals surface area contributed by atoms with E-state index in [1.807, 2.05) is 35.5 Å². The molecule has 2 N–H and O–H groups in total. The molecule has 1 saturated heterocycles. The average molecular weight is 488 g/mol. The summed E-state index contributed by atoms with van der Waals surface area (Å²) in [5.41, 5.74) is 1.12. The van der Waals surface area contributed by atoms with E-state index in [1.54, 1.807) is 0 Å². The first-order chi connectivity index (χ1) is 12.3. The van der Waals surface area contributed by atoms with Crippen LogP contribution in [0.15, 0.2) is 34.9 Å². The second-order valence-electron chi connectivity index (χ2n) is 6.37. The maximum Gasteiger partial charge on any atom is 0.191 e. The topological polar surface area (TPSA) is 57.5 Å². The lowest BCUT2D eigenvalue weighted by Crippen LogP contribution is -2.42. The molecule has 1 atom stereocenters. The number of aryl methyl sites for hydroxylation is 1. The van der Waals surface area contributed by atoms with Gasteiger partial charge in [-0.1, -0.05) is 6.07 Å². The Hall–Kier alpha value is -1.13. The normalized spacial score (nSPS) is 16.3. The number of hydrogen-bond acceptors (Lipinski definition) is 4. The molecule has 6 nitrogen and oxygen atoms in total. The number of nitrogens with zero attached hydrogens (tertiary/aromatic N) is 4. The molecule has 1 aliphatic rings. The van der Waals surface area contributed by atoms with Crippen molar-refractivity contribution in [3.63, 3.8) is 0 Å². The van der Waals surface area contributed by atoms with Gasteiger partial charge < -0.3 is 10.6 Å². The van der Waals surface area contributed by atoms with Crippen molar-refractivity contribution < 1.29 is 0 Å². The van der Waals surface area contributed by atoms with E-state index in [9.17, 15) is 0 Å². The van der Waals surface area contributed by atoms with Gasteiger partial charge in [0.2, 0.25) is 0 Å². The Kier molecular flexibility index (Phi) is 8.86. The van der Waals surface area contributed by atoms with Crippen molar-refractivity contribution in [2.45, 2.75) is 32.4 Å². The quantitative estimate of drug-likeness (QED) is 0.358. The lowest BCUT2D eigenvalue weighted by molar-refractivity contribution is 0.249. The summed E-state index contributed by atoms with van der Waals surface area (Å²) in [4.78, 5) is 8.72. The van der Waals surface area contributed by atoms with Gasteiger partial charge >= 0.3 is 0 Å². The van der Waals surface area contributed by atoms with Gasteiger partial charge in [-0.3, -0.25) is 9.58 Å². The van der Waals surface area contributed by atoms with Crippen LogP contribution >= 0.6 is 35.3 Å². The first-order valence-corrected chi connectivity index (χ1v) is 9.91. The van der Waals surface area contributed by atoms with Gasteiger partial charge in [-0.25, -0.2) is 4.99 Å². The molecule has 0 radical (unpaired) electrons. The molecule has 3 heterocycles. The summed E-state index contributed by atoms with van der Waals surface area (Å²) >= 11 is 1.84. The summed E-state index contributed by atoms with van der Waals surface area (Å²) in [7, 11) is 1.93. The number of hydrogen-bond donors (Lipinski definition) is 2. The van der Waals surface area contributed by atoms with E-state index in [2.05, 4.69) is 45.1 Å². The van der Waals surface area contributed by atoms with Gasteiger partial charge in [-0.2, -0.15) is 5.10 Å². The van der Waals surface area contributed by atoms with Crippen LogP contribution in [-0.2, 0) is 13.6 Å². The van der Waals surface area contributed by atoms with Crippen LogP contribution in [-0.4, -0.2) is 46.8 Å². The average Bonchev–Trinajstić information content (AvgIpc) is 3.36. The lowest BCUT2D eigenvalue weighted by Gasteiger charge is -2.27. The molecular formula is C18H29IN6S. The summed E-state index contributed by atoms with van der Waals surface area (Å²) < 4.78 is 1.81. The van der Waals surface area contributed by atoms with Gasteiger partial charge in [-0.05, 0) is 44.3 Å². The van der Waals surface area contributed by atoms with Crippen LogP contribution in [0.25, 0.3) is 0 Å². The Morgan fingerprint density at radius 2 is 2.15 bits per heavy atom. The third kappa shape index (κ3) is 5.95. The minimum atomic E-state index is 0. The Balaban J connectivity index is 0.00000243. The summed E-state index contributed by atoms with van der Waals surface area (Å²) in [5, 5.41) is 13.3. The molecule has 3 rings (SSSR count). The fraction of sp³-hybridized carbons (Fsp3) is 0.556. The molecule has 2 aromatic rings. The van der Waals surface area contributed by atoms with Crippen molar-refractivity contribution in [2.75, 3.05) is 26.2 Å². The third-order valence-electron chi connectivity index (χ3n) is 4.44. The van der Waals surface area contributed by atoms with Gasteiger partial charge in [0.25, 0.3) is 0 Å². The Labute approximate surface area is 177 Å². The lowest BCUT2D eigenvalue weighted by atomic mass is 10.2. The molecule has 0 aromatic carbocycles. The molecule has 1 aliphatic heterocycles. The minimum Gasteiger partial charge on any atom is -0.357 e. The van der Waals surface area contributed by atoms with E-state index in [-0.39, 0.29) is 24.0 Å². The predicted molar refractivity (Wildman–Crippen MR) is 119 cm³/mol. The number of likely N-dealkylation sites (tertiary alicyclic amines) is 1. The standard InChI is InChI=1S/C18H28N6S.HI/c1-3-19-18(20-11-15-12-22-23(2)14-15)21-13-16(17-7-6-10-25-17)24-8-4-5-9-24;/h6-7,10,12,14,16H,3-5,8-9,11,13H2,1-2H3,(H2,19,20,21);1H. The molecule has 1 fully saturated rings. The van der Waals surface area contributed by atoms with E-state index in [4.69, 9.17) is 4.99 Å². The SMILES string of the molecule is CCNC(=NCc1cnn(C)c1)NCC(c1cccs1)N1CCCC1.I. The number of rotatable bonds is 7. The highest BCUT2D eigenvalue weighted by atomic mass is 127. The first kappa shape index (κ1) is 21.2. The smallest absolute Gasteiger partial charge is 0.191 e. The van der Waals surface area contributed by atoms with Crippen molar-refractivity contribution in [1.82, 2.24) is 25.3 Å². The van der Waals surface area contributed by atoms with E-state index in [0.717, 1.165) is 24.6 Å². The summed E-state index contributed by atoms with van der Waals surface area (Å²) in [6, 6.07) is 4.81. The highest BCUT2D eigenvalue weighted by Gasteiger charge is 2.24. The first-order valence-electron chi connectivity index (χ1n) is 9.03.